The van der Waals surface area contributed by atoms with E-state index in [9.17, 15) is 8.42 Å². The summed E-state index contributed by atoms with van der Waals surface area (Å²) in [5.74, 6) is 1.05. The zero-order valence-corrected chi connectivity index (χ0v) is 15.8. The summed E-state index contributed by atoms with van der Waals surface area (Å²) in [6.45, 7) is 6.09. The molecule has 0 N–H and O–H groups in total. The molecule has 8 heteroatoms. The molecule has 3 rings (SSSR count). The highest BCUT2D eigenvalue weighted by Crippen LogP contribution is 2.22. The highest BCUT2D eigenvalue weighted by molar-refractivity contribution is 7.89. The van der Waals surface area contributed by atoms with Crippen molar-refractivity contribution >= 4 is 27.4 Å². The number of benzene rings is 1. The lowest BCUT2D eigenvalue weighted by Gasteiger charge is -2.34. The van der Waals surface area contributed by atoms with Crippen molar-refractivity contribution in [1.82, 2.24) is 14.3 Å². The van der Waals surface area contributed by atoms with Gasteiger partial charge in [-0.05, 0) is 23.6 Å². The molecule has 1 aliphatic heterocycles. The molecule has 0 atom stereocenters. The lowest BCUT2D eigenvalue weighted by molar-refractivity contribution is 0.383. The van der Waals surface area contributed by atoms with Crippen molar-refractivity contribution in [2.24, 2.45) is 0 Å². The van der Waals surface area contributed by atoms with Crippen LogP contribution in [-0.2, 0) is 10.0 Å². The summed E-state index contributed by atoms with van der Waals surface area (Å²) in [5.41, 5.74) is 1.13. The second-order valence-corrected chi connectivity index (χ2v) is 8.64. The van der Waals surface area contributed by atoms with Gasteiger partial charge in [-0.25, -0.2) is 13.4 Å². The topological polar surface area (TPSA) is 66.4 Å². The Balaban J connectivity index is 1.71. The number of anilines is 1. The highest BCUT2D eigenvalue weighted by Gasteiger charge is 2.29. The molecule has 2 aromatic rings. The van der Waals surface area contributed by atoms with Gasteiger partial charge >= 0.3 is 0 Å². The summed E-state index contributed by atoms with van der Waals surface area (Å²) < 4.78 is 27.2. The first-order valence-corrected chi connectivity index (χ1v) is 10.0. The number of hydrogen-bond acceptors (Lipinski definition) is 5. The van der Waals surface area contributed by atoms with Gasteiger partial charge in [0.2, 0.25) is 10.0 Å². The smallest absolute Gasteiger partial charge is 0.243 e. The number of hydrogen-bond donors (Lipinski definition) is 0. The second-order valence-electron chi connectivity index (χ2n) is 6.31. The molecule has 1 aliphatic rings. The molecule has 1 aromatic heterocycles. The van der Waals surface area contributed by atoms with Crippen molar-refractivity contribution in [2.45, 2.75) is 24.7 Å². The number of nitrogens with zero attached hydrogens (tertiary/aromatic N) is 4. The van der Waals surface area contributed by atoms with Crippen molar-refractivity contribution in [2.75, 3.05) is 31.1 Å². The van der Waals surface area contributed by atoms with Crippen molar-refractivity contribution in [1.29, 1.82) is 0 Å². The van der Waals surface area contributed by atoms with Crippen LogP contribution in [0, 0.1) is 0 Å². The SMILES string of the molecule is CC(C)c1ccc(S(=O)(=O)N2CCN(c3cncc(Cl)n3)CC2)cc1. The Hall–Kier alpha value is -1.70. The van der Waals surface area contributed by atoms with E-state index in [0.717, 1.165) is 5.56 Å². The normalized spacial score (nSPS) is 16.4. The van der Waals surface area contributed by atoms with Crippen molar-refractivity contribution in [3.8, 4) is 0 Å². The first-order chi connectivity index (χ1) is 11.9. The van der Waals surface area contributed by atoms with Gasteiger partial charge in [-0.1, -0.05) is 37.6 Å². The minimum Gasteiger partial charge on any atom is -0.353 e. The quantitative estimate of drug-likeness (QED) is 0.815. The molecule has 0 aliphatic carbocycles. The molecule has 2 heterocycles. The lowest BCUT2D eigenvalue weighted by atomic mass is 10.0. The first kappa shape index (κ1) is 18.1. The van der Waals surface area contributed by atoms with Crippen molar-refractivity contribution in [3.63, 3.8) is 0 Å². The predicted octanol–water partition coefficient (Wildman–Crippen LogP) is 2.76. The number of aromatic nitrogens is 2. The molecule has 1 fully saturated rings. The number of halogens is 1. The molecule has 25 heavy (non-hydrogen) atoms. The van der Waals surface area contributed by atoms with E-state index >= 15 is 0 Å². The highest BCUT2D eigenvalue weighted by atomic mass is 35.5. The largest absolute Gasteiger partial charge is 0.353 e. The van der Waals surface area contributed by atoms with Crippen LogP contribution in [0.25, 0.3) is 0 Å². The van der Waals surface area contributed by atoms with Crippen molar-refractivity contribution < 1.29 is 8.42 Å². The Morgan fingerprint density at radius 1 is 1.04 bits per heavy atom. The summed E-state index contributed by atoms with van der Waals surface area (Å²) >= 11 is 5.87. The number of piperazine rings is 1. The van der Waals surface area contributed by atoms with E-state index in [1.807, 2.05) is 17.0 Å². The Kier molecular flexibility index (Phi) is 5.27. The van der Waals surface area contributed by atoms with Crippen molar-refractivity contribution in [3.05, 3.63) is 47.4 Å². The van der Waals surface area contributed by atoms with E-state index in [4.69, 9.17) is 11.6 Å². The van der Waals surface area contributed by atoms with Gasteiger partial charge in [0.1, 0.15) is 11.0 Å². The first-order valence-electron chi connectivity index (χ1n) is 8.20. The van der Waals surface area contributed by atoms with Crippen LogP contribution in [0.1, 0.15) is 25.3 Å². The Labute approximate surface area is 153 Å². The molecule has 0 radical (unpaired) electrons. The standard InChI is InChI=1S/C17H21ClN4O2S/c1-13(2)14-3-5-15(6-4-14)25(23,24)22-9-7-21(8-10-22)17-12-19-11-16(18)20-17/h3-6,11-13H,7-10H2,1-2H3. The monoisotopic (exact) mass is 380 g/mol. The van der Waals surface area contributed by atoms with Crippen LogP contribution in [0.5, 0.6) is 0 Å². The van der Waals surface area contributed by atoms with Crippen LogP contribution in [0.3, 0.4) is 0 Å². The molecule has 6 nitrogen and oxygen atoms in total. The Bertz CT molecular complexity index is 832. The van der Waals surface area contributed by atoms with Gasteiger partial charge in [-0.3, -0.25) is 4.98 Å². The van der Waals surface area contributed by atoms with Gasteiger partial charge in [0.15, 0.2) is 0 Å². The van der Waals surface area contributed by atoms with Gasteiger partial charge < -0.3 is 4.90 Å². The third-order valence-electron chi connectivity index (χ3n) is 4.34. The molecule has 0 amide bonds. The van der Waals surface area contributed by atoms with Crippen LogP contribution >= 0.6 is 11.6 Å². The minimum atomic E-state index is -3.47. The third kappa shape index (κ3) is 3.94. The van der Waals surface area contributed by atoms with E-state index in [1.165, 1.54) is 10.5 Å². The van der Waals surface area contributed by atoms with E-state index in [0.29, 0.717) is 48.0 Å². The fraction of sp³-hybridized carbons (Fsp3) is 0.412. The molecule has 1 saturated heterocycles. The average molecular weight is 381 g/mol. The van der Waals surface area contributed by atoms with Crippen LogP contribution in [-0.4, -0.2) is 48.9 Å². The summed E-state index contributed by atoms with van der Waals surface area (Å²) in [6.07, 6.45) is 3.12. The van der Waals surface area contributed by atoms with Gasteiger partial charge in [-0.2, -0.15) is 4.31 Å². The number of sulfonamides is 1. The van der Waals surface area contributed by atoms with Gasteiger partial charge in [0, 0.05) is 26.2 Å². The fourth-order valence-corrected chi connectivity index (χ4v) is 4.38. The van der Waals surface area contributed by atoms with Gasteiger partial charge in [0.25, 0.3) is 0 Å². The maximum Gasteiger partial charge on any atom is 0.243 e. The van der Waals surface area contributed by atoms with Crippen LogP contribution in [0.15, 0.2) is 41.6 Å². The molecule has 0 unspecified atom stereocenters. The van der Waals surface area contributed by atoms with Gasteiger partial charge in [-0.15, -0.1) is 0 Å². The summed E-state index contributed by atoms with van der Waals surface area (Å²) in [5, 5.41) is 0.331. The van der Waals surface area contributed by atoms with Gasteiger partial charge in [0.05, 0.1) is 17.3 Å². The van der Waals surface area contributed by atoms with E-state index in [-0.39, 0.29) is 0 Å². The predicted molar refractivity (Wildman–Crippen MR) is 98.5 cm³/mol. The van der Waals surface area contributed by atoms with Crippen LogP contribution in [0.4, 0.5) is 5.82 Å². The molecular formula is C17H21ClN4O2S. The lowest BCUT2D eigenvalue weighted by Crippen LogP contribution is -2.48. The van der Waals surface area contributed by atoms with Crippen LogP contribution < -0.4 is 4.90 Å². The summed E-state index contributed by atoms with van der Waals surface area (Å²) in [7, 11) is -3.47. The minimum absolute atomic E-state index is 0.331. The zero-order valence-electron chi connectivity index (χ0n) is 14.3. The maximum atomic E-state index is 12.8. The van der Waals surface area contributed by atoms with E-state index in [1.54, 1.807) is 18.3 Å². The summed E-state index contributed by atoms with van der Waals surface area (Å²) in [4.78, 5) is 10.6. The molecule has 134 valence electrons. The maximum absolute atomic E-state index is 12.8. The van der Waals surface area contributed by atoms with E-state index in [2.05, 4.69) is 23.8 Å². The molecule has 0 saturated carbocycles. The summed E-state index contributed by atoms with van der Waals surface area (Å²) in [6, 6.07) is 7.16. The number of rotatable bonds is 4. The van der Waals surface area contributed by atoms with Crippen LogP contribution in [0.2, 0.25) is 5.15 Å². The van der Waals surface area contributed by atoms with E-state index < -0.39 is 10.0 Å². The third-order valence-corrected chi connectivity index (χ3v) is 6.43. The second kappa shape index (κ2) is 7.27. The zero-order chi connectivity index (χ0) is 18.0. The molecule has 0 bridgehead atoms. The average Bonchev–Trinajstić information content (AvgIpc) is 2.62. The Morgan fingerprint density at radius 2 is 1.68 bits per heavy atom. The molecular weight excluding hydrogens is 360 g/mol. The molecule has 0 spiro atoms. The fourth-order valence-electron chi connectivity index (χ4n) is 2.82. The Morgan fingerprint density at radius 3 is 2.24 bits per heavy atom. The molecule has 1 aromatic carbocycles.